The van der Waals surface area contributed by atoms with Gasteiger partial charge in [-0.3, -0.25) is 0 Å². The van der Waals surface area contributed by atoms with E-state index in [4.69, 9.17) is 0 Å². The highest BCUT2D eigenvalue weighted by Gasteiger charge is 2.17. The van der Waals surface area contributed by atoms with Crippen LogP contribution in [-0.4, -0.2) is 42.0 Å². The average Bonchev–Trinajstić information content (AvgIpc) is 2.96. The second-order valence-electron chi connectivity index (χ2n) is 5.47. The normalized spacial score (nSPS) is 19.0. The second-order valence-corrected chi connectivity index (χ2v) is 8.61. The predicted octanol–water partition coefficient (Wildman–Crippen LogP) is 2.58. The highest BCUT2D eigenvalue weighted by atomic mass is 32.2. The molecule has 0 radical (unpaired) electrons. The van der Waals surface area contributed by atoms with Crippen LogP contribution in [0.1, 0.15) is 12.8 Å². The van der Waals surface area contributed by atoms with E-state index in [1.807, 2.05) is 24.0 Å². The minimum Gasteiger partial charge on any atom is -0.379 e. The van der Waals surface area contributed by atoms with E-state index in [9.17, 15) is 8.42 Å². The first-order chi connectivity index (χ1) is 10.5. The van der Waals surface area contributed by atoms with Crippen molar-refractivity contribution in [2.24, 2.45) is 0 Å². The molecule has 1 saturated heterocycles. The topological polar surface area (TPSA) is 64.0 Å². The smallest absolute Gasteiger partial charge is 0.177 e. The molecule has 1 aromatic carbocycles. The molecule has 22 heavy (non-hydrogen) atoms. The maximum Gasteiger partial charge on any atom is 0.177 e. The number of anilines is 1. The number of hydrogen-bond acceptors (Lipinski definition) is 5. The van der Waals surface area contributed by atoms with E-state index in [2.05, 4.69) is 10.4 Å². The molecule has 0 bridgehead atoms. The predicted molar refractivity (Wildman–Crippen MR) is 90.6 cm³/mol. The van der Waals surface area contributed by atoms with Gasteiger partial charge in [-0.25, -0.2) is 13.1 Å². The number of thioether (sulfide) groups is 1. The van der Waals surface area contributed by atoms with Crippen LogP contribution in [0.25, 0.3) is 5.69 Å². The van der Waals surface area contributed by atoms with Gasteiger partial charge in [-0.15, -0.1) is 0 Å². The summed E-state index contributed by atoms with van der Waals surface area (Å²) in [5, 5.41) is 7.78. The Balaban J connectivity index is 1.85. The SMILES string of the molecule is CS(=O)(=O)c1ccccc1-n1cc(N[C@H]2CCCSC2)cn1. The minimum atomic E-state index is -3.28. The van der Waals surface area contributed by atoms with Crippen LogP contribution in [0.3, 0.4) is 0 Å². The van der Waals surface area contributed by atoms with E-state index in [1.165, 1.54) is 18.4 Å². The molecule has 2 aromatic rings. The van der Waals surface area contributed by atoms with Gasteiger partial charge in [-0.1, -0.05) is 12.1 Å². The summed E-state index contributed by atoms with van der Waals surface area (Å²) >= 11 is 1.96. The first-order valence-electron chi connectivity index (χ1n) is 7.22. The van der Waals surface area contributed by atoms with Crippen LogP contribution in [0.15, 0.2) is 41.6 Å². The molecule has 0 aliphatic carbocycles. The highest BCUT2D eigenvalue weighted by molar-refractivity contribution is 7.99. The quantitative estimate of drug-likeness (QED) is 0.929. The molecule has 2 heterocycles. The van der Waals surface area contributed by atoms with Crippen LogP contribution in [-0.2, 0) is 9.84 Å². The fourth-order valence-corrected chi connectivity index (χ4v) is 4.52. The lowest BCUT2D eigenvalue weighted by atomic mass is 10.2. The highest BCUT2D eigenvalue weighted by Crippen LogP contribution is 2.23. The second kappa shape index (κ2) is 6.34. The van der Waals surface area contributed by atoms with Gasteiger partial charge in [0.25, 0.3) is 0 Å². The standard InChI is InChI=1S/C15H19N3O2S2/c1-22(19,20)15-7-3-2-6-14(15)18-10-13(9-16-18)17-12-5-4-8-21-11-12/h2-3,6-7,9-10,12,17H,4-5,8,11H2,1H3/t12-/m0/s1. The van der Waals surface area contributed by atoms with E-state index < -0.39 is 9.84 Å². The molecule has 0 amide bonds. The monoisotopic (exact) mass is 337 g/mol. The van der Waals surface area contributed by atoms with E-state index in [0.29, 0.717) is 11.7 Å². The molecule has 1 atom stereocenters. The average molecular weight is 337 g/mol. The Labute approximate surface area is 135 Å². The molecule has 1 fully saturated rings. The summed E-state index contributed by atoms with van der Waals surface area (Å²) < 4.78 is 25.4. The number of nitrogens with zero attached hydrogens (tertiary/aromatic N) is 2. The molecule has 0 spiro atoms. The third-order valence-corrected chi connectivity index (χ3v) is 5.98. The van der Waals surface area contributed by atoms with Crippen molar-refractivity contribution in [3.05, 3.63) is 36.7 Å². The molecule has 5 nitrogen and oxygen atoms in total. The molecule has 3 rings (SSSR count). The van der Waals surface area contributed by atoms with Crippen molar-refractivity contribution in [1.29, 1.82) is 0 Å². The van der Waals surface area contributed by atoms with Gasteiger partial charge in [0.2, 0.25) is 0 Å². The number of benzene rings is 1. The number of aromatic nitrogens is 2. The fraction of sp³-hybridized carbons (Fsp3) is 0.400. The van der Waals surface area contributed by atoms with E-state index in [1.54, 1.807) is 29.1 Å². The Bertz CT molecular complexity index is 750. The van der Waals surface area contributed by atoms with Crippen LogP contribution < -0.4 is 5.32 Å². The van der Waals surface area contributed by atoms with E-state index >= 15 is 0 Å². The summed E-state index contributed by atoms with van der Waals surface area (Å²) in [6.07, 6.45) is 7.21. The summed E-state index contributed by atoms with van der Waals surface area (Å²) in [7, 11) is -3.28. The van der Waals surface area contributed by atoms with Gasteiger partial charge in [-0.05, 0) is 30.7 Å². The Morgan fingerprint density at radius 3 is 2.91 bits per heavy atom. The fourth-order valence-electron chi connectivity index (χ4n) is 2.58. The molecular weight excluding hydrogens is 318 g/mol. The molecule has 118 valence electrons. The van der Waals surface area contributed by atoms with Crippen molar-refractivity contribution >= 4 is 27.3 Å². The van der Waals surface area contributed by atoms with E-state index in [-0.39, 0.29) is 4.90 Å². The van der Waals surface area contributed by atoms with Crippen molar-refractivity contribution < 1.29 is 8.42 Å². The summed E-state index contributed by atoms with van der Waals surface area (Å²) in [4.78, 5) is 0.290. The molecule has 0 saturated carbocycles. The zero-order valence-corrected chi connectivity index (χ0v) is 14.0. The van der Waals surface area contributed by atoms with Crippen LogP contribution >= 0.6 is 11.8 Å². The lowest BCUT2D eigenvalue weighted by Gasteiger charge is -2.22. The minimum absolute atomic E-state index is 0.290. The molecular formula is C15H19N3O2S2. The largest absolute Gasteiger partial charge is 0.379 e. The van der Waals surface area contributed by atoms with E-state index in [0.717, 1.165) is 17.9 Å². The lowest BCUT2D eigenvalue weighted by Crippen LogP contribution is -2.25. The third kappa shape index (κ3) is 3.47. The zero-order chi connectivity index (χ0) is 15.6. The Morgan fingerprint density at radius 2 is 2.18 bits per heavy atom. The van der Waals surface area contributed by atoms with Gasteiger partial charge in [0.15, 0.2) is 9.84 Å². The summed E-state index contributed by atoms with van der Waals surface area (Å²) in [6, 6.07) is 7.38. The first-order valence-corrected chi connectivity index (χ1v) is 10.3. The maximum absolute atomic E-state index is 11.9. The molecule has 1 aliphatic rings. The van der Waals surface area contributed by atoms with Crippen LogP contribution in [0.5, 0.6) is 0 Å². The van der Waals surface area contributed by atoms with Gasteiger partial charge >= 0.3 is 0 Å². The van der Waals surface area contributed by atoms with Crippen molar-refractivity contribution in [2.45, 2.75) is 23.8 Å². The molecule has 1 N–H and O–H groups in total. The summed E-state index contributed by atoms with van der Waals surface area (Å²) in [5.74, 6) is 2.34. The Kier molecular flexibility index (Phi) is 4.44. The molecule has 7 heteroatoms. The summed E-state index contributed by atoms with van der Waals surface area (Å²) in [6.45, 7) is 0. The summed E-state index contributed by atoms with van der Waals surface area (Å²) in [5.41, 5.74) is 1.51. The lowest BCUT2D eigenvalue weighted by molar-refractivity contribution is 0.600. The Hall–Kier alpha value is -1.47. The number of hydrogen-bond donors (Lipinski definition) is 1. The van der Waals surface area contributed by atoms with Gasteiger partial charge in [0.05, 0.1) is 28.7 Å². The number of sulfone groups is 1. The van der Waals surface area contributed by atoms with Crippen molar-refractivity contribution in [3.8, 4) is 5.69 Å². The van der Waals surface area contributed by atoms with Gasteiger partial charge in [0, 0.05) is 18.1 Å². The van der Waals surface area contributed by atoms with Crippen molar-refractivity contribution in [2.75, 3.05) is 23.1 Å². The van der Waals surface area contributed by atoms with Crippen LogP contribution in [0.2, 0.25) is 0 Å². The van der Waals surface area contributed by atoms with Crippen molar-refractivity contribution in [3.63, 3.8) is 0 Å². The first kappa shape index (κ1) is 15.4. The number of para-hydroxylation sites is 1. The number of nitrogens with one attached hydrogen (secondary N) is 1. The zero-order valence-electron chi connectivity index (χ0n) is 12.4. The number of rotatable bonds is 4. The Morgan fingerprint density at radius 1 is 1.36 bits per heavy atom. The molecule has 1 aromatic heterocycles. The maximum atomic E-state index is 11.9. The van der Waals surface area contributed by atoms with Gasteiger partial charge < -0.3 is 5.32 Å². The third-order valence-electron chi connectivity index (χ3n) is 3.63. The molecule has 1 aliphatic heterocycles. The van der Waals surface area contributed by atoms with Gasteiger partial charge in [-0.2, -0.15) is 16.9 Å². The molecule has 0 unspecified atom stereocenters. The van der Waals surface area contributed by atoms with Crippen LogP contribution in [0.4, 0.5) is 5.69 Å². The van der Waals surface area contributed by atoms with Crippen LogP contribution in [0, 0.1) is 0 Å². The van der Waals surface area contributed by atoms with Gasteiger partial charge in [0.1, 0.15) is 0 Å². The van der Waals surface area contributed by atoms with Crippen molar-refractivity contribution in [1.82, 2.24) is 9.78 Å².